The van der Waals surface area contributed by atoms with E-state index in [2.05, 4.69) is 0 Å². The summed E-state index contributed by atoms with van der Waals surface area (Å²) in [5, 5.41) is 0. The van der Waals surface area contributed by atoms with Gasteiger partial charge in [-0.1, -0.05) is 12.2 Å². The van der Waals surface area contributed by atoms with E-state index < -0.39 is 0 Å². The van der Waals surface area contributed by atoms with Crippen molar-refractivity contribution in [3.8, 4) is 0 Å². The quantitative estimate of drug-likeness (QED) is 0.463. The highest BCUT2D eigenvalue weighted by Crippen LogP contribution is 1.93. The summed E-state index contributed by atoms with van der Waals surface area (Å²) < 4.78 is 4.75. The number of rotatable bonds is 5. The molecule has 0 aliphatic carbocycles. The van der Waals surface area contributed by atoms with Crippen molar-refractivity contribution < 1.29 is 14.3 Å². The largest absolute Gasteiger partial charge is 0.461 e. The fraction of sp³-hybridized carbons (Fsp3) is 0.556. The zero-order valence-electron chi connectivity index (χ0n) is 7.50. The third kappa shape index (κ3) is 6.99. The first kappa shape index (κ1) is 10.9. The maximum Gasteiger partial charge on any atom is 0.306 e. The van der Waals surface area contributed by atoms with Crippen LogP contribution >= 0.6 is 0 Å². The Morgan fingerprint density at radius 1 is 1.33 bits per heavy atom. The van der Waals surface area contributed by atoms with Crippen molar-refractivity contribution in [1.29, 1.82) is 0 Å². The van der Waals surface area contributed by atoms with Crippen LogP contribution in [0.25, 0.3) is 0 Å². The smallest absolute Gasteiger partial charge is 0.306 e. The molecular weight excluding hydrogens is 156 g/mol. The highest BCUT2D eigenvalue weighted by molar-refractivity contribution is 5.80. The summed E-state index contributed by atoms with van der Waals surface area (Å²) in [6.07, 6.45) is 4.01. The molecule has 0 saturated carbocycles. The van der Waals surface area contributed by atoms with Crippen molar-refractivity contribution in [2.75, 3.05) is 6.61 Å². The van der Waals surface area contributed by atoms with Gasteiger partial charge in [-0.3, -0.25) is 4.79 Å². The van der Waals surface area contributed by atoms with Crippen molar-refractivity contribution in [1.82, 2.24) is 0 Å². The van der Waals surface area contributed by atoms with E-state index in [0.29, 0.717) is 6.61 Å². The third-order valence-electron chi connectivity index (χ3n) is 1.26. The molecule has 0 fully saturated rings. The molecule has 0 rings (SSSR count). The minimum absolute atomic E-state index is 0.0120. The molecule has 3 nitrogen and oxygen atoms in total. The lowest BCUT2D eigenvalue weighted by atomic mass is 10.2. The third-order valence-corrected chi connectivity index (χ3v) is 1.26. The molecule has 0 bridgehead atoms. The second-order valence-electron chi connectivity index (χ2n) is 2.45. The molecule has 0 aromatic carbocycles. The Balaban J connectivity index is 3.40. The Labute approximate surface area is 72.4 Å². The van der Waals surface area contributed by atoms with Crippen LogP contribution in [-0.2, 0) is 14.3 Å². The minimum Gasteiger partial charge on any atom is -0.461 e. The van der Waals surface area contributed by atoms with E-state index in [9.17, 15) is 9.59 Å². The summed E-state index contributed by atoms with van der Waals surface area (Å²) in [6.45, 7) is 3.61. The van der Waals surface area contributed by atoms with Crippen LogP contribution in [0.3, 0.4) is 0 Å². The number of carbonyl (C=O) groups is 2. The topological polar surface area (TPSA) is 43.4 Å². The molecule has 0 unspecified atom stereocenters. The van der Waals surface area contributed by atoms with Crippen molar-refractivity contribution in [3.05, 3.63) is 12.2 Å². The van der Waals surface area contributed by atoms with Crippen molar-refractivity contribution in [2.45, 2.75) is 26.7 Å². The lowest BCUT2D eigenvalue weighted by Crippen LogP contribution is -2.06. The number of carbonyl (C=O) groups excluding carboxylic acids is 2. The Morgan fingerprint density at radius 3 is 2.50 bits per heavy atom. The average Bonchev–Trinajstić information content (AvgIpc) is 2.01. The second kappa shape index (κ2) is 6.58. The van der Waals surface area contributed by atoms with Gasteiger partial charge in [0.05, 0.1) is 6.42 Å². The molecule has 0 heterocycles. The van der Waals surface area contributed by atoms with Gasteiger partial charge in [-0.05, 0) is 13.8 Å². The van der Waals surface area contributed by atoms with Crippen molar-refractivity contribution >= 4 is 11.8 Å². The normalized spacial score (nSPS) is 10.2. The first-order chi connectivity index (χ1) is 5.66. The Kier molecular flexibility index (Phi) is 5.97. The zero-order valence-corrected chi connectivity index (χ0v) is 7.50. The Hall–Kier alpha value is -1.12. The van der Waals surface area contributed by atoms with Crippen LogP contribution < -0.4 is 0 Å². The Morgan fingerprint density at radius 2 is 2.00 bits per heavy atom. The number of Topliss-reactive ketones (excluding diaryl/α,β-unsaturated/α-hetero) is 1. The predicted molar refractivity (Wildman–Crippen MR) is 45.7 cm³/mol. The van der Waals surface area contributed by atoms with Crippen LogP contribution in [0.4, 0.5) is 0 Å². The fourth-order valence-electron chi connectivity index (χ4n) is 0.588. The number of esters is 1. The zero-order chi connectivity index (χ0) is 9.40. The van der Waals surface area contributed by atoms with Gasteiger partial charge in [0.15, 0.2) is 0 Å². The van der Waals surface area contributed by atoms with Gasteiger partial charge in [0.1, 0.15) is 12.4 Å². The lowest BCUT2D eigenvalue weighted by molar-refractivity contribution is -0.143. The van der Waals surface area contributed by atoms with Gasteiger partial charge < -0.3 is 9.53 Å². The SMILES string of the molecule is C/C=C\COC(=O)CCC(C)=O. The van der Waals surface area contributed by atoms with Gasteiger partial charge in [-0.25, -0.2) is 0 Å². The summed E-state index contributed by atoms with van der Waals surface area (Å²) in [4.78, 5) is 21.3. The highest BCUT2D eigenvalue weighted by Gasteiger charge is 2.02. The summed E-state index contributed by atoms with van der Waals surface area (Å²) in [6, 6.07) is 0. The van der Waals surface area contributed by atoms with E-state index in [1.54, 1.807) is 12.2 Å². The van der Waals surface area contributed by atoms with E-state index >= 15 is 0 Å². The number of ketones is 1. The van der Waals surface area contributed by atoms with E-state index in [-0.39, 0.29) is 24.6 Å². The van der Waals surface area contributed by atoms with E-state index in [4.69, 9.17) is 4.74 Å². The highest BCUT2D eigenvalue weighted by atomic mass is 16.5. The molecule has 0 aromatic rings. The maximum absolute atomic E-state index is 10.8. The van der Waals surface area contributed by atoms with Crippen LogP contribution in [-0.4, -0.2) is 18.4 Å². The molecule has 0 spiro atoms. The maximum atomic E-state index is 10.8. The Bertz CT molecular complexity index is 182. The number of ether oxygens (including phenoxy) is 1. The second-order valence-corrected chi connectivity index (χ2v) is 2.45. The predicted octanol–water partition coefficient (Wildman–Crippen LogP) is 1.47. The molecule has 3 heteroatoms. The summed E-state index contributed by atoms with van der Waals surface area (Å²) in [7, 11) is 0. The number of hydrogen-bond acceptors (Lipinski definition) is 3. The number of hydrogen-bond donors (Lipinski definition) is 0. The molecule has 12 heavy (non-hydrogen) atoms. The minimum atomic E-state index is -0.316. The van der Waals surface area contributed by atoms with E-state index in [1.165, 1.54) is 6.92 Å². The molecule has 0 atom stereocenters. The molecular formula is C9H14O3. The van der Waals surface area contributed by atoms with Gasteiger partial charge >= 0.3 is 5.97 Å². The lowest BCUT2D eigenvalue weighted by Gasteiger charge is -1.98. The van der Waals surface area contributed by atoms with Crippen molar-refractivity contribution in [3.63, 3.8) is 0 Å². The molecule has 0 amide bonds. The molecule has 0 aliphatic heterocycles. The molecule has 0 aromatic heterocycles. The van der Waals surface area contributed by atoms with Gasteiger partial charge in [0.25, 0.3) is 0 Å². The summed E-state index contributed by atoms with van der Waals surface area (Å²) in [5.74, 6) is -0.304. The average molecular weight is 170 g/mol. The van der Waals surface area contributed by atoms with Gasteiger partial charge in [-0.15, -0.1) is 0 Å². The van der Waals surface area contributed by atoms with Gasteiger partial charge in [-0.2, -0.15) is 0 Å². The van der Waals surface area contributed by atoms with E-state index in [0.717, 1.165) is 0 Å². The van der Waals surface area contributed by atoms with E-state index in [1.807, 2.05) is 6.92 Å². The van der Waals surface area contributed by atoms with Crippen LogP contribution in [0, 0.1) is 0 Å². The van der Waals surface area contributed by atoms with Gasteiger partial charge in [0.2, 0.25) is 0 Å². The molecule has 0 aliphatic rings. The van der Waals surface area contributed by atoms with Crippen molar-refractivity contribution in [2.24, 2.45) is 0 Å². The molecule has 0 radical (unpaired) electrons. The first-order valence-corrected chi connectivity index (χ1v) is 3.93. The summed E-state index contributed by atoms with van der Waals surface area (Å²) >= 11 is 0. The number of allylic oxidation sites excluding steroid dienone is 1. The first-order valence-electron chi connectivity index (χ1n) is 3.93. The molecule has 0 saturated heterocycles. The van der Waals surface area contributed by atoms with Gasteiger partial charge in [0, 0.05) is 6.42 Å². The summed E-state index contributed by atoms with van der Waals surface area (Å²) in [5.41, 5.74) is 0. The molecule has 68 valence electrons. The standard InChI is InChI=1S/C9H14O3/c1-3-4-7-12-9(11)6-5-8(2)10/h3-4H,5-7H2,1-2H3/b4-3-. The monoisotopic (exact) mass is 170 g/mol. The molecule has 0 N–H and O–H groups in total. The van der Waals surface area contributed by atoms with Crippen LogP contribution in [0.5, 0.6) is 0 Å². The fourth-order valence-corrected chi connectivity index (χ4v) is 0.588. The van der Waals surface area contributed by atoms with Crippen LogP contribution in [0.15, 0.2) is 12.2 Å². The van der Waals surface area contributed by atoms with Crippen LogP contribution in [0.2, 0.25) is 0 Å². The van der Waals surface area contributed by atoms with Crippen LogP contribution in [0.1, 0.15) is 26.7 Å².